The Morgan fingerprint density at radius 1 is 1.28 bits per heavy atom. The Kier molecular flexibility index (Phi) is 3.66. The molecule has 0 amide bonds. The fourth-order valence-corrected chi connectivity index (χ4v) is 2.53. The van der Waals surface area contributed by atoms with E-state index in [1.807, 2.05) is 32.0 Å². The fourth-order valence-electron chi connectivity index (χ4n) is 2.17. The molecule has 2 N–H and O–H groups in total. The lowest BCUT2D eigenvalue weighted by atomic mass is 10.1. The fraction of sp³-hybridized carbons (Fsp3) is 0.308. The lowest BCUT2D eigenvalue weighted by molar-refractivity contribution is 0.974. The van der Waals surface area contributed by atoms with Gasteiger partial charge in [-0.15, -0.1) is 0 Å². The summed E-state index contributed by atoms with van der Waals surface area (Å²) < 4.78 is 0. The number of rotatable bonds is 2. The lowest BCUT2D eigenvalue weighted by Crippen LogP contribution is -2.14. The van der Waals surface area contributed by atoms with E-state index < -0.39 is 0 Å². The van der Waals surface area contributed by atoms with E-state index in [2.05, 4.69) is 4.98 Å². The molecular formula is C13H15Cl2N3. The topological polar surface area (TPSA) is 42.1 Å². The Balaban J connectivity index is 2.95. The molecule has 0 radical (unpaired) electrons. The van der Waals surface area contributed by atoms with Gasteiger partial charge in [0.05, 0.1) is 26.9 Å². The van der Waals surface area contributed by atoms with E-state index in [9.17, 15) is 0 Å². The van der Waals surface area contributed by atoms with Gasteiger partial charge in [-0.3, -0.25) is 0 Å². The lowest BCUT2D eigenvalue weighted by Gasteiger charge is -2.21. The molecule has 0 spiro atoms. The summed E-state index contributed by atoms with van der Waals surface area (Å²) in [5.41, 5.74) is 9.45. The average Bonchev–Trinajstić information content (AvgIpc) is 2.33. The molecule has 0 atom stereocenters. The van der Waals surface area contributed by atoms with Crippen LogP contribution in [0.3, 0.4) is 0 Å². The molecular weight excluding hydrogens is 269 g/mol. The van der Waals surface area contributed by atoms with Gasteiger partial charge >= 0.3 is 0 Å². The third-order valence-electron chi connectivity index (χ3n) is 3.00. The number of nitrogens with zero attached hydrogens (tertiary/aromatic N) is 2. The molecule has 1 aromatic carbocycles. The zero-order valence-corrected chi connectivity index (χ0v) is 12.1. The number of pyridine rings is 1. The smallest absolute Gasteiger partial charge is 0.0928 e. The molecule has 0 saturated carbocycles. The number of hydrogen-bond acceptors (Lipinski definition) is 3. The first-order valence-electron chi connectivity index (χ1n) is 5.62. The minimum absolute atomic E-state index is 0.380. The number of nitrogens with two attached hydrogens (primary N) is 1. The van der Waals surface area contributed by atoms with Crippen molar-refractivity contribution in [2.75, 3.05) is 19.0 Å². The first-order valence-corrected chi connectivity index (χ1v) is 6.37. The molecule has 18 heavy (non-hydrogen) atoms. The van der Waals surface area contributed by atoms with Crippen LogP contribution in [0.25, 0.3) is 10.9 Å². The number of hydrogen-bond donors (Lipinski definition) is 1. The molecule has 0 saturated heterocycles. The van der Waals surface area contributed by atoms with Gasteiger partial charge in [0, 0.05) is 26.0 Å². The first kappa shape index (κ1) is 13.4. The highest BCUT2D eigenvalue weighted by Gasteiger charge is 2.15. The Morgan fingerprint density at radius 3 is 2.50 bits per heavy atom. The highest BCUT2D eigenvalue weighted by atomic mass is 35.5. The van der Waals surface area contributed by atoms with Gasteiger partial charge in [-0.05, 0) is 24.6 Å². The summed E-state index contributed by atoms with van der Waals surface area (Å²) in [5.74, 6) is 0. The summed E-state index contributed by atoms with van der Waals surface area (Å²) >= 11 is 12.3. The Bertz CT molecular complexity index is 609. The molecule has 3 nitrogen and oxygen atoms in total. The molecule has 0 bridgehead atoms. The quantitative estimate of drug-likeness (QED) is 0.919. The second-order valence-electron chi connectivity index (χ2n) is 4.39. The van der Waals surface area contributed by atoms with Crippen molar-refractivity contribution in [2.24, 2.45) is 5.73 Å². The maximum atomic E-state index is 6.23. The van der Waals surface area contributed by atoms with Crippen LogP contribution in [-0.4, -0.2) is 19.1 Å². The summed E-state index contributed by atoms with van der Waals surface area (Å²) in [6.07, 6.45) is 0. The number of halogens is 2. The van der Waals surface area contributed by atoms with Crippen molar-refractivity contribution < 1.29 is 0 Å². The summed E-state index contributed by atoms with van der Waals surface area (Å²) in [6.45, 7) is 2.40. The minimum atomic E-state index is 0.380. The molecule has 0 aliphatic heterocycles. The Hall–Kier alpha value is -1.03. The number of fused-ring (bicyclic) bond motifs is 1. The zero-order chi connectivity index (χ0) is 13.4. The molecule has 2 rings (SSSR count). The Morgan fingerprint density at radius 2 is 1.94 bits per heavy atom. The second kappa shape index (κ2) is 4.92. The van der Waals surface area contributed by atoms with Gasteiger partial charge in [-0.1, -0.05) is 23.2 Å². The molecule has 0 aliphatic carbocycles. The van der Waals surface area contributed by atoms with Gasteiger partial charge < -0.3 is 10.6 Å². The molecule has 2 aromatic rings. The van der Waals surface area contributed by atoms with Crippen molar-refractivity contribution in [3.05, 3.63) is 33.4 Å². The molecule has 5 heteroatoms. The van der Waals surface area contributed by atoms with Crippen molar-refractivity contribution in [1.82, 2.24) is 4.98 Å². The van der Waals surface area contributed by atoms with Gasteiger partial charge in [-0.25, -0.2) is 4.98 Å². The third kappa shape index (κ3) is 2.03. The summed E-state index contributed by atoms with van der Waals surface area (Å²) in [6, 6.07) is 3.74. The van der Waals surface area contributed by atoms with Gasteiger partial charge in [-0.2, -0.15) is 0 Å². The monoisotopic (exact) mass is 283 g/mol. The van der Waals surface area contributed by atoms with Crippen LogP contribution in [0.2, 0.25) is 10.0 Å². The van der Waals surface area contributed by atoms with Crippen LogP contribution >= 0.6 is 23.2 Å². The molecule has 1 aromatic heterocycles. The SMILES string of the molecule is Cc1c(CN)nc2c(Cl)c(Cl)ccc2c1N(C)C. The van der Waals surface area contributed by atoms with Crippen LogP contribution < -0.4 is 10.6 Å². The van der Waals surface area contributed by atoms with Gasteiger partial charge in [0.25, 0.3) is 0 Å². The van der Waals surface area contributed by atoms with Crippen molar-refractivity contribution in [3.8, 4) is 0 Å². The maximum Gasteiger partial charge on any atom is 0.0928 e. The number of benzene rings is 1. The van der Waals surface area contributed by atoms with Crippen molar-refractivity contribution >= 4 is 39.8 Å². The van der Waals surface area contributed by atoms with Crippen LogP contribution in [0.5, 0.6) is 0 Å². The molecule has 96 valence electrons. The minimum Gasteiger partial charge on any atom is -0.377 e. The first-order chi connectivity index (χ1) is 8.47. The maximum absolute atomic E-state index is 6.23. The number of aromatic nitrogens is 1. The van der Waals surface area contributed by atoms with Gasteiger partial charge in [0.15, 0.2) is 0 Å². The summed E-state index contributed by atoms with van der Waals surface area (Å²) in [7, 11) is 3.98. The normalized spacial score (nSPS) is 11.0. The van der Waals surface area contributed by atoms with E-state index in [0.717, 1.165) is 22.3 Å². The Labute approximate surface area is 116 Å². The predicted molar refractivity (Wildman–Crippen MR) is 78.7 cm³/mol. The zero-order valence-electron chi connectivity index (χ0n) is 10.6. The van der Waals surface area contributed by atoms with E-state index in [1.54, 1.807) is 6.07 Å². The average molecular weight is 284 g/mol. The highest BCUT2D eigenvalue weighted by molar-refractivity contribution is 6.45. The summed E-state index contributed by atoms with van der Waals surface area (Å²) in [5, 5.41) is 1.98. The van der Waals surface area contributed by atoms with Gasteiger partial charge in [0.2, 0.25) is 0 Å². The molecule has 1 heterocycles. The van der Waals surface area contributed by atoms with E-state index in [4.69, 9.17) is 28.9 Å². The predicted octanol–water partition coefficient (Wildman–Crippen LogP) is 3.37. The standard InChI is InChI=1S/C13H15Cl2N3/c1-7-10(6-16)17-12-8(13(7)18(2)3)4-5-9(14)11(12)15/h4-5H,6,16H2,1-3H3. The molecule has 0 fully saturated rings. The third-order valence-corrected chi connectivity index (χ3v) is 3.79. The molecule has 0 unspecified atom stereocenters. The van der Waals surface area contributed by atoms with Crippen molar-refractivity contribution in [1.29, 1.82) is 0 Å². The highest BCUT2D eigenvalue weighted by Crippen LogP contribution is 2.36. The summed E-state index contributed by atoms with van der Waals surface area (Å²) in [4.78, 5) is 6.57. The second-order valence-corrected chi connectivity index (χ2v) is 5.17. The number of anilines is 1. The van der Waals surface area contributed by atoms with Crippen LogP contribution in [0, 0.1) is 6.92 Å². The van der Waals surface area contributed by atoms with Gasteiger partial charge in [0.1, 0.15) is 0 Å². The van der Waals surface area contributed by atoms with Crippen molar-refractivity contribution in [3.63, 3.8) is 0 Å². The van der Waals surface area contributed by atoms with E-state index >= 15 is 0 Å². The van der Waals surface area contributed by atoms with Crippen LogP contribution in [0.1, 0.15) is 11.3 Å². The largest absolute Gasteiger partial charge is 0.377 e. The van der Waals surface area contributed by atoms with Crippen LogP contribution in [0.15, 0.2) is 12.1 Å². The molecule has 0 aliphatic rings. The van der Waals surface area contributed by atoms with Crippen molar-refractivity contribution in [2.45, 2.75) is 13.5 Å². The van der Waals surface area contributed by atoms with Crippen LogP contribution in [-0.2, 0) is 6.54 Å². The van der Waals surface area contributed by atoms with E-state index in [-0.39, 0.29) is 0 Å². The van der Waals surface area contributed by atoms with Crippen LogP contribution in [0.4, 0.5) is 5.69 Å². The van der Waals surface area contributed by atoms with E-state index in [1.165, 1.54) is 0 Å². The van der Waals surface area contributed by atoms with E-state index in [0.29, 0.717) is 22.1 Å².